The monoisotopic (exact) mass is 388 g/mol. The smallest absolute Gasteiger partial charge is 0.258 e. The number of hydrogen-bond donors (Lipinski definition) is 3. The maximum Gasteiger partial charge on any atom is 0.258 e. The first-order chi connectivity index (χ1) is 13.0. The van der Waals surface area contributed by atoms with Crippen molar-refractivity contribution in [1.29, 1.82) is 0 Å². The molecular weight excluding hydrogens is 368 g/mol. The van der Waals surface area contributed by atoms with Crippen LogP contribution in [0.1, 0.15) is 29.6 Å². The molecule has 0 aliphatic carbocycles. The number of aromatic amines is 1. The number of carbonyl (C=O) groups excluding carboxylic acids is 1. The molecule has 1 amide bonds. The molecule has 9 nitrogen and oxygen atoms in total. The summed E-state index contributed by atoms with van der Waals surface area (Å²) in [6.07, 6.45) is 8.44. The van der Waals surface area contributed by atoms with Crippen molar-refractivity contribution in [3.8, 4) is 12.3 Å². The van der Waals surface area contributed by atoms with Crippen molar-refractivity contribution in [2.45, 2.75) is 24.2 Å². The molecule has 1 aromatic heterocycles. The topological polar surface area (TPSA) is 120 Å². The third-order valence-corrected chi connectivity index (χ3v) is 5.51. The fraction of sp³-hybridized carbons (Fsp3) is 0.353. The van der Waals surface area contributed by atoms with Crippen molar-refractivity contribution in [3.63, 3.8) is 0 Å². The number of terminal acetylenes is 1. The number of piperidine rings is 1. The van der Waals surface area contributed by atoms with E-state index < -0.39 is 15.9 Å². The van der Waals surface area contributed by atoms with Crippen molar-refractivity contribution < 1.29 is 13.2 Å². The summed E-state index contributed by atoms with van der Waals surface area (Å²) in [5.41, 5.74) is 0.175. The van der Waals surface area contributed by atoms with Crippen molar-refractivity contribution in [2.24, 2.45) is 0 Å². The van der Waals surface area contributed by atoms with Crippen molar-refractivity contribution in [3.05, 3.63) is 29.8 Å². The predicted molar refractivity (Wildman–Crippen MR) is 101 cm³/mol. The summed E-state index contributed by atoms with van der Waals surface area (Å²) in [7, 11) is -3.78. The number of hydrogen-bond acceptors (Lipinski definition) is 6. The zero-order valence-corrected chi connectivity index (χ0v) is 15.4. The zero-order chi connectivity index (χ0) is 19.3. The first-order valence-electron chi connectivity index (χ1n) is 8.51. The summed E-state index contributed by atoms with van der Waals surface area (Å²) in [5, 5.41) is 9.41. The fourth-order valence-corrected chi connectivity index (χ4v) is 3.73. The van der Waals surface area contributed by atoms with Crippen LogP contribution in [0.25, 0.3) is 0 Å². The van der Waals surface area contributed by atoms with Crippen LogP contribution in [-0.2, 0) is 10.0 Å². The molecule has 0 spiro atoms. The lowest BCUT2D eigenvalue weighted by molar-refractivity contribution is 0.102. The molecule has 3 rings (SSSR count). The Morgan fingerprint density at radius 2 is 2.07 bits per heavy atom. The molecule has 0 radical (unpaired) electrons. The van der Waals surface area contributed by atoms with Crippen molar-refractivity contribution in [2.75, 3.05) is 29.9 Å². The number of nitrogens with one attached hydrogen (secondary N) is 3. The quantitative estimate of drug-likeness (QED) is 0.634. The van der Waals surface area contributed by atoms with E-state index in [2.05, 4.69) is 36.0 Å². The van der Waals surface area contributed by atoms with Gasteiger partial charge in [-0.15, -0.1) is 11.5 Å². The third kappa shape index (κ3) is 4.64. The largest absolute Gasteiger partial charge is 0.340 e. The van der Waals surface area contributed by atoms with Crippen LogP contribution < -0.4 is 14.9 Å². The van der Waals surface area contributed by atoms with E-state index in [1.165, 1.54) is 30.7 Å². The first kappa shape index (κ1) is 18.9. The van der Waals surface area contributed by atoms with E-state index in [4.69, 9.17) is 6.42 Å². The molecule has 2 heterocycles. The van der Waals surface area contributed by atoms with Gasteiger partial charge in [0, 0.05) is 18.7 Å². The Hall–Kier alpha value is -2.90. The molecule has 3 N–H and O–H groups in total. The summed E-state index contributed by atoms with van der Waals surface area (Å²) in [4.78, 5) is 18.7. The van der Waals surface area contributed by atoms with Gasteiger partial charge in [-0.3, -0.25) is 10.1 Å². The molecule has 27 heavy (non-hydrogen) atoms. The minimum Gasteiger partial charge on any atom is -0.340 e. The van der Waals surface area contributed by atoms with Gasteiger partial charge in [-0.25, -0.2) is 13.5 Å². The number of amides is 1. The Kier molecular flexibility index (Phi) is 5.73. The van der Waals surface area contributed by atoms with E-state index in [1.807, 2.05) is 0 Å². The highest BCUT2D eigenvalue weighted by atomic mass is 32.2. The Balaban J connectivity index is 1.71. The SMILES string of the molecule is C#CCNS(=O)(=O)c1cccc(C(=O)Nc2nc(N3CCCCC3)n[nH]2)c1. The molecule has 1 aromatic carbocycles. The van der Waals surface area contributed by atoms with Crippen LogP contribution in [-0.4, -0.2) is 49.1 Å². The minimum atomic E-state index is -3.78. The molecule has 1 aliphatic rings. The molecular formula is C17H20N6O3S. The Morgan fingerprint density at radius 3 is 2.81 bits per heavy atom. The van der Waals surface area contributed by atoms with Gasteiger partial charge in [0.1, 0.15) is 0 Å². The summed E-state index contributed by atoms with van der Waals surface area (Å²) in [6, 6.07) is 5.66. The summed E-state index contributed by atoms with van der Waals surface area (Å²) < 4.78 is 26.5. The van der Waals surface area contributed by atoms with Crippen LogP contribution in [0.2, 0.25) is 0 Å². The van der Waals surface area contributed by atoms with Gasteiger partial charge < -0.3 is 4.90 Å². The average Bonchev–Trinajstić information content (AvgIpc) is 3.16. The summed E-state index contributed by atoms with van der Waals surface area (Å²) in [6.45, 7) is 1.64. The molecule has 1 fully saturated rings. The zero-order valence-electron chi connectivity index (χ0n) is 14.6. The summed E-state index contributed by atoms with van der Waals surface area (Å²) in [5.74, 6) is 2.45. The van der Waals surface area contributed by atoms with Gasteiger partial charge >= 0.3 is 0 Å². The van der Waals surface area contributed by atoms with E-state index in [0.29, 0.717) is 5.95 Å². The second kappa shape index (κ2) is 8.20. The van der Waals surface area contributed by atoms with E-state index in [1.54, 1.807) is 0 Å². The molecule has 0 unspecified atom stereocenters. The predicted octanol–water partition coefficient (Wildman–Crippen LogP) is 0.959. The van der Waals surface area contributed by atoms with Crippen molar-refractivity contribution >= 4 is 27.8 Å². The Labute approximate surface area is 157 Å². The van der Waals surface area contributed by atoms with E-state index in [9.17, 15) is 13.2 Å². The van der Waals surface area contributed by atoms with Gasteiger partial charge in [0.05, 0.1) is 11.4 Å². The van der Waals surface area contributed by atoms with Crippen LogP contribution in [0.15, 0.2) is 29.2 Å². The standard InChI is InChI=1S/C17H20N6O3S/c1-2-9-18-27(25,26)14-8-6-7-13(12-14)15(24)19-16-20-17(22-21-16)23-10-4-3-5-11-23/h1,6-8,12,18H,3-5,9-11H2,(H2,19,20,21,22,24). The van der Waals surface area contributed by atoms with Crippen LogP contribution in [0, 0.1) is 12.3 Å². The van der Waals surface area contributed by atoms with Crippen LogP contribution in [0.3, 0.4) is 0 Å². The highest BCUT2D eigenvalue weighted by molar-refractivity contribution is 7.89. The number of rotatable bonds is 6. The Bertz CT molecular complexity index is 957. The van der Waals surface area contributed by atoms with Gasteiger partial charge in [-0.2, -0.15) is 9.71 Å². The van der Waals surface area contributed by atoms with Gasteiger partial charge in [-0.1, -0.05) is 12.0 Å². The van der Waals surface area contributed by atoms with Gasteiger partial charge in [0.15, 0.2) is 0 Å². The van der Waals surface area contributed by atoms with Gasteiger partial charge in [0.2, 0.25) is 21.9 Å². The highest BCUT2D eigenvalue weighted by Crippen LogP contribution is 2.17. The molecule has 1 aliphatic heterocycles. The molecule has 0 bridgehead atoms. The highest BCUT2D eigenvalue weighted by Gasteiger charge is 2.18. The number of aromatic nitrogens is 3. The number of nitrogens with zero attached hydrogens (tertiary/aromatic N) is 3. The van der Waals surface area contributed by atoms with Crippen LogP contribution in [0.4, 0.5) is 11.9 Å². The number of benzene rings is 1. The lowest BCUT2D eigenvalue weighted by Crippen LogP contribution is -2.30. The number of H-pyrrole nitrogens is 1. The normalized spacial score (nSPS) is 14.6. The lowest BCUT2D eigenvalue weighted by Gasteiger charge is -2.24. The van der Waals surface area contributed by atoms with Gasteiger partial charge in [-0.05, 0) is 37.5 Å². The Morgan fingerprint density at radius 1 is 1.30 bits per heavy atom. The van der Waals surface area contributed by atoms with Crippen LogP contribution in [0.5, 0.6) is 0 Å². The molecule has 0 atom stereocenters. The molecule has 10 heteroatoms. The fourth-order valence-electron chi connectivity index (χ4n) is 2.75. The maximum atomic E-state index is 12.4. The van der Waals surface area contributed by atoms with Gasteiger partial charge in [0.25, 0.3) is 5.91 Å². The third-order valence-electron chi connectivity index (χ3n) is 4.12. The summed E-state index contributed by atoms with van der Waals surface area (Å²) >= 11 is 0. The molecule has 0 saturated carbocycles. The number of carbonyl (C=O) groups is 1. The second-order valence-corrected chi connectivity index (χ2v) is 7.81. The van der Waals surface area contributed by atoms with Crippen LogP contribution >= 0.6 is 0 Å². The minimum absolute atomic E-state index is 0.0445. The molecule has 1 saturated heterocycles. The van der Waals surface area contributed by atoms with Crippen molar-refractivity contribution in [1.82, 2.24) is 19.9 Å². The number of sulfonamides is 1. The second-order valence-electron chi connectivity index (χ2n) is 6.04. The number of anilines is 2. The van der Waals surface area contributed by atoms with E-state index >= 15 is 0 Å². The lowest BCUT2D eigenvalue weighted by atomic mass is 10.1. The van der Waals surface area contributed by atoms with E-state index in [0.717, 1.165) is 25.9 Å². The van der Waals surface area contributed by atoms with E-state index in [-0.39, 0.29) is 23.0 Å². The average molecular weight is 388 g/mol. The maximum absolute atomic E-state index is 12.4. The molecule has 142 valence electrons. The first-order valence-corrected chi connectivity index (χ1v) is 10.00. The molecule has 2 aromatic rings.